The van der Waals surface area contributed by atoms with Crippen molar-refractivity contribution < 1.29 is 14.6 Å². The molecule has 0 aromatic rings. The van der Waals surface area contributed by atoms with Crippen LogP contribution < -0.4 is 0 Å². The van der Waals surface area contributed by atoms with E-state index in [1.165, 1.54) is 0 Å². The highest BCUT2D eigenvalue weighted by molar-refractivity contribution is 4.93. The van der Waals surface area contributed by atoms with Crippen LogP contribution in [0, 0.1) is 5.92 Å². The molecule has 1 unspecified atom stereocenters. The van der Waals surface area contributed by atoms with Gasteiger partial charge >= 0.3 is 0 Å². The summed E-state index contributed by atoms with van der Waals surface area (Å²) < 4.78 is 10.6. The van der Waals surface area contributed by atoms with Gasteiger partial charge < -0.3 is 14.6 Å². The molecule has 12 heavy (non-hydrogen) atoms. The molecule has 0 bridgehead atoms. The predicted molar refractivity (Wildman–Crippen MR) is 45.7 cm³/mol. The third-order valence-electron chi connectivity index (χ3n) is 2.87. The Kier molecular flexibility index (Phi) is 2.76. The molecule has 0 radical (unpaired) electrons. The monoisotopic (exact) mass is 174 g/mol. The molecule has 0 amide bonds. The van der Waals surface area contributed by atoms with Gasteiger partial charge in [-0.3, -0.25) is 0 Å². The highest BCUT2D eigenvalue weighted by Gasteiger charge is 2.49. The van der Waals surface area contributed by atoms with Gasteiger partial charge in [0.25, 0.3) is 0 Å². The first-order valence-electron chi connectivity index (χ1n) is 4.44. The standard InChI is InChI=1S/C9H18O3/c1-5-7-6(2)9(3,10)8(11-4)12-7/h6-8,10H,5H2,1-4H3/t6-,7+,8+,9?/m0/s1. The average Bonchev–Trinajstić information content (AvgIpc) is 2.25. The van der Waals surface area contributed by atoms with Crippen molar-refractivity contribution in [1.82, 2.24) is 0 Å². The van der Waals surface area contributed by atoms with Crippen molar-refractivity contribution in [3.05, 3.63) is 0 Å². The number of rotatable bonds is 2. The minimum absolute atomic E-state index is 0.116. The first-order chi connectivity index (χ1) is 5.54. The van der Waals surface area contributed by atoms with Crippen LogP contribution in [-0.2, 0) is 9.47 Å². The molecule has 1 rings (SSSR count). The van der Waals surface area contributed by atoms with E-state index in [1.807, 2.05) is 6.92 Å². The molecule has 3 heteroatoms. The van der Waals surface area contributed by atoms with Gasteiger partial charge in [0.05, 0.1) is 6.10 Å². The molecular weight excluding hydrogens is 156 g/mol. The van der Waals surface area contributed by atoms with Gasteiger partial charge in [-0.1, -0.05) is 13.8 Å². The third-order valence-corrected chi connectivity index (χ3v) is 2.87. The second-order valence-corrected chi connectivity index (χ2v) is 3.66. The van der Waals surface area contributed by atoms with Crippen molar-refractivity contribution in [2.75, 3.05) is 7.11 Å². The third kappa shape index (κ3) is 1.37. The molecule has 1 aliphatic rings. The summed E-state index contributed by atoms with van der Waals surface area (Å²) >= 11 is 0. The number of aliphatic hydroxyl groups is 1. The Labute approximate surface area is 73.7 Å². The number of hydrogen-bond donors (Lipinski definition) is 1. The largest absolute Gasteiger partial charge is 0.384 e. The molecule has 1 heterocycles. The summed E-state index contributed by atoms with van der Waals surface area (Å²) in [5, 5.41) is 9.97. The molecule has 1 fully saturated rings. The minimum atomic E-state index is -0.852. The molecule has 0 aromatic heterocycles. The van der Waals surface area contributed by atoms with Crippen LogP contribution in [0.5, 0.6) is 0 Å². The van der Waals surface area contributed by atoms with Gasteiger partial charge in [0.15, 0.2) is 6.29 Å². The summed E-state index contributed by atoms with van der Waals surface area (Å²) in [5.74, 6) is 0.132. The minimum Gasteiger partial charge on any atom is -0.384 e. The van der Waals surface area contributed by atoms with E-state index in [0.717, 1.165) is 6.42 Å². The SMILES string of the molecule is CC[C@H]1O[C@@H](OC)C(C)(O)[C@H]1C. The highest BCUT2D eigenvalue weighted by atomic mass is 16.7. The van der Waals surface area contributed by atoms with Gasteiger partial charge in [0.1, 0.15) is 5.60 Å². The molecular formula is C9H18O3. The molecule has 0 aromatic carbocycles. The van der Waals surface area contributed by atoms with E-state index in [4.69, 9.17) is 9.47 Å². The Morgan fingerprint density at radius 3 is 2.42 bits per heavy atom. The zero-order chi connectivity index (χ0) is 9.35. The fraction of sp³-hybridized carbons (Fsp3) is 1.00. The number of hydrogen-bond acceptors (Lipinski definition) is 3. The van der Waals surface area contributed by atoms with Crippen LogP contribution in [0.3, 0.4) is 0 Å². The summed E-state index contributed by atoms with van der Waals surface area (Å²) in [7, 11) is 1.56. The van der Waals surface area contributed by atoms with Crippen molar-refractivity contribution in [1.29, 1.82) is 0 Å². The zero-order valence-electron chi connectivity index (χ0n) is 8.20. The topological polar surface area (TPSA) is 38.7 Å². The average molecular weight is 174 g/mol. The van der Waals surface area contributed by atoms with Crippen molar-refractivity contribution >= 4 is 0 Å². The van der Waals surface area contributed by atoms with Crippen molar-refractivity contribution in [3.63, 3.8) is 0 Å². The molecule has 72 valence electrons. The Bertz CT molecular complexity index is 152. The lowest BCUT2D eigenvalue weighted by molar-refractivity contribution is -0.182. The lowest BCUT2D eigenvalue weighted by Gasteiger charge is -2.26. The van der Waals surface area contributed by atoms with Crippen LogP contribution in [0.15, 0.2) is 0 Å². The summed E-state index contributed by atoms with van der Waals surface area (Å²) in [6.45, 7) is 5.81. The van der Waals surface area contributed by atoms with Crippen molar-refractivity contribution in [2.24, 2.45) is 5.92 Å². The van der Waals surface area contributed by atoms with E-state index in [2.05, 4.69) is 6.92 Å². The van der Waals surface area contributed by atoms with Gasteiger partial charge in [-0.05, 0) is 13.3 Å². The molecule has 1 aliphatic heterocycles. The highest BCUT2D eigenvalue weighted by Crippen LogP contribution is 2.37. The molecule has 0 saturated carbocycles. The maximum atomic E-state index is 9.97. The summed E-state index contributed by atoms with van der Waals surface area (Å²) in [4.78, 5) is 0. The van der Waals surface area contributed by atoms with Crippen LogP contribution in [0.25, 0.3) is 0 Å². The molecule has 0 aliphatic carbocycles. The molecule has 0 spiro atoms. The van der Waals surface area contributed by atoms with Crippen LogP contribution in [0.4, 0.5) is 0 Å². The van der Waals surface area contributed by atoms with Gasteiger partial charge in [-0.2, -0.15) is 0 Å². The van der Waals surface area contributed by atoms with E-state index < -0.39 is 11.9 Å². The van der Waals surface area contributed by atoms with Crippen LogP contribution in [-0.4, -0.2) is 30.2 Å². The number of methoxy groups -OCH3 is 1. The van der Waals surface area contributed by atoms with Crippen molar-refractivity contribution in [3.8, 4) is 0 Å². The van der Waals surface area contributed by atoms with E-state index >= 15 is 0 Å². The Balaban J connectivity index is 2.73. The summed E-state index contributed by atoms with van der Waals surface area (Å²) in [5.41, 5.74) is -0.852. The molecule has 4 atom stereocenters. The lowest BCUT2D eigenvalue weighted by atomic mass is 9.88. The lowest BCUT2D eigenvalue weighted by Crippen LogP contribution is -2.40. The Morgan fingerprint density at radius 2 is 2.17 bits per heavy atom. The van der Waals surface area contributed by atoms with Crippen LogP contribution in [0.1, 0.15) is 27.2 Å². The van der Waals surface area contributed by atoms with Crippen LogP contribution in [0.2, 0.25) is 0 Å². The maximum absolute atomic E-state index is 9.97. The summed E-state index contributed by atoms with van der Waals surface area (Å²) in [6.07, 6.45) is 0.555. The fourth-order valence-electron chi connectivity index (χ4n) is 1.75. The molecule has 3 nitrogen and oxygen atoms in total. The van der Waals surface area contributed by atoms with E-state index in [1.54, 1.807) is 14.0 Å². The first-order valence-corrected chi connectivity index (χ1v) is 4.44. The Hall–Kier alpha value is -0.120. The van der Waals surface area contributed by atoms with Gasteiger partial charge in [-0.15, -0.1) is 0 Å². The predicted octanol–water partition coefficient (Wildman–Crippen LogP) is 1.15. The molecule has 1 saturated heterocycles. The fourth-order valence-corrected chi connectivity index (χ4v) is 1.75. The Morgan fingerprint density at radius 1 is 1.58 bits per heavy atom. The normalized spacial score (nSPS) is 48.2. The van der Waals surface area contributed by atoms with Gasteiger partial charge in [0.2, 0.25) is 0 Å². The quantitative estimate of drug-likeness (QED) is 0.682. The van der Waals surface area contributed by atoms with E-state index in [-0.39, 0.29) is 12.0 Å². The van der Waals surface area contributed by atoms with Gasteiger partial charge in [-0.25, -0.2) is 0 Å². The van der Waals surface area contributed by atoms with E-state index in [9.17, 15) is 5.11 Å². The zero-order valence-corrected chi connectivity index (χ0v) is 8.20. The van der Waals surface area contributed by atoms with E-state index in [0.29, 0.717) is 0 Å². The molecule has 1 N–H and O–H groups in total. The first kappa shape index (κ1) is 9.96. The second-order valence-electron chi connectivity index (χ2n) is 3.66. The smallest absolute Gasteiger partial charge is 0.186 e. The van der Waals surface area contributed by atoms with Crippen LogP contribution >= 0.6 is 0 Å². The van der Waals surface area contributed by atoms with Crippen molar-refractivity contribution in [2.45, 2.75) is 45.2 Å². The second kappa shape index (κ2) is 3.32. The maximum Gasteiger partial charge on any atom is 0.186 e. The summed E-state index contributed by atoms with van der Waals surface area (Å²) in [6, 6.07) is 0. The van der Waals surface area contributed by atoms with Gasteiger partial charge in [0, 0.05) is 13.0 Å². The number of ether oxygens (including phenoxy) is 2.